The molecule has 16 heavy (non-hydrogen) atoms. The Morgan fingerprint density at radius 2 is 2.06 bits per heavy atom. The van der Waals surface area contributed by atoms with E-state index >= 15 is 0 Å². The number of Topliss-reactive ketones (excluding diaryl/α,β-unsaturated/α-hetero) is 1. The van der Waals surface area contributed by atoms with Crippen LogP contribution in [0.3, 0.4) is 0 Å². The van der Waals surface area contributed by atoms with Crippen LogP contribution in [-0.4, -0.2) is 18.2 Å². The first-order valence-electron chi connectivity index (χ1n) is 5.21. The summed E-state index contributed by atoms with van der Waals surface area (Å²) in [5.41, 5.74) is 1.82. The molecule has 0 aromatic heterocycles. The van der Waals surface area contributed by atoms with E-state index in [-0.39, 0.29) is 11.7 Å². The zero-order valence-electron chi connectivity index (χ0n) is 9.19. The fraction of sp³-hybridized carbons (Fsp3) is 0.231. The monoisotopic (exact) mass is 215 g/mol. The Morgan fingerprint density at radius 1 is 1.38 bits per heavy atom. The molecule has 0 saturated heterocycles. The van der Waals surface area contributed by atoms with E-state index in [1.54, 1.807) is 24.0 Å². The topological polar surface area (TPSA) is 37.4 Å². The van der Waals surface area contributed by atoms with Gasteiger partial charge in [-0.1, -0.05) is 18.7 Å². The second-order valence-electron chi connectivity index (χ2n) is 3.93. The summed E-state index contributed by atoms with van der Waals surface area (Å²) < 4.78 is 0. The van der Waals surface area contributed by atoms with Crippen molar-refractivity contribution in [3.05, 3.63) is 42.0 Å². The Bertz CT molecular complexity index is 477. The van der Waals surface area contributed by atoms with Crippen LogP contribution in [0.5, 0.6) is 0 Å². The number of benzene rings is 1. The smallest absolute Gasteiger partial charge is 0.253 e. The number of fused-ring (bicyclic) bond motifs is 1. The van der Waals surface area contributed by atoms with Gasteiger partial charge in [0.05, 0.1) is 5.69 Å². The van der Waals surface area contributed by atoms with Crippen molar-refractivity contribution in [1.29, 1.82) is 0 Å². The van der Waals surface area contributed by atoms with E-state index in [4.69, 9.17) is 0 Å². The first-order valence-corrected chi connectivity index (χ1v) is 5.21. The van der Waals surface area contributed by atoms with Crippen molar-refractivity contribution in [2.45, 2.75) is 13.3 Å². The van der Waals surface area contributed by atoms with Gasteiger partial charge in [-0.15, -0.1) is 0 Å². The molecule has 0 spiro atoms. The van der Waals surface area contributed by atoms with Gasteiger partial charge in [0.1, 0.15) is 0 Å². The van der Waals surface area contributed by atoms with Crippen LogP contribution in [0, 0.1) is 0 Å². The van der Waals surface area contributed by atoms with E-state index in [0.717, 1.165) is 0 Å². The molecule has 0 atom stereocenters. The number of anilines is 1. The normalized spacial score (nSPS) is 14.6. The molecule has 3 heteroatoms. The lowest BCUT2D eigenvalue weighted by molar-refractivity contribution is -0.115. The second kappa shape index (κ2) is 3.93. The van der Waals surface area contributed by atoms with Gasteiger partial charge >= 0.3 is 0 Å². The van der Waals surface area contributed by atoms with Crippen molar-refractivity contribution < 1.29 is 9.59 Å². The van der Waals surface area contributed by atoms with Gasteiger partial charge in [0, 0.05) is 24.1 Å². The van der Waals surface area contributed by atoms with Gasteiger partial charge in [-0.25, -0.2) is 0 Å². The number of ketones is 1. The van der Waals surface area contributed by atoms with Crippen molar-refractivity contribution in [3.8, 4) is 0 Å². The van der Waals surface area contributed by atoms with Crippen LogP contribution in [0.1, 0.15) is 23.7 Å². The molecule has 0 saturated carbocycles. The van der Waals surface area contributed by atoms with Crippen molar-refractivity contribution >= 4 is 17.4 Å². The van der Waals surface area contributed by atoms with E-state index in [2.05, 4.69) is 6.58 Å². The second-order valence-corrected chi connectivity index (χ2v) is 3.93. The molecular formula is C13H13NO2. The third-order valence-electron chi connectivity index (χ3n) is 2.67. The molecule has 1 aliphatic heterocycles. The highest BCUT2D eigenvalue weighted by Gasteiger charge is 2.26. The molecule has 1 heterocycles. The van der Waals surface area contributed by atoms with Gasteiger partial charge in [-0.3, -0.25) is 9.59 Å². The summed E-state index contributed by atoms with van der Waals surface area (Å²) >= 11 is 0. The molecule has 0 aliphatic carbocycles. The van der Waals surface area contributed by atoms with Gasteiger partial charge < -0.3 is 4.90 Å². The zero-order valence-corrected chi connectivity index (χ0v) is 9.19. The highest BCUT2D eigenvalue weighted by atomic mass is 16.2. The van der Waals surface area contributed by atoms with Crippen molar-refractivity contribution in [1.82, 2.24) is 0 Å². The van der Waals surface area contributed by atoms with E-state index in [1.807, 2.05) is 12.1 Å². The highest BCUT2D eigenvalue weighted by Crippen LogP contribution is 2.27. The molecule has 1 aliphatic rings. The van der Waals surface area contributed by atoms with Gasteiger partial charge in [-0.2, -0.15) is 0 Å². The van der Waals surface area contributed by atoms with E-state index < -0.39 is 0 Å². The molecule has 3 nitrogen and oxygen atoms in total. The molecule has 0 unspecified atom stereocenters. The number of hydrogen-bond donors (Lipinski definition) is 0. The summed E-state index contributed by atoms with van der Waals surface area (Å²) in [6, 6.07) is 7.20. The minimum Gasteiger partial charge on any atom is -0.307 e. The number of rotatable bonds is 1. The fourth-order valence-electron chi connectivity index (χ4n) is 1.85. The van der Waals surface area contributed by atoms with Crippen molar-refractivity contribution in [2.75, 3.05) is 11.4 Å². The summed E-state index contributed by atoms with van der Waals surface area (Å²) in [4.78, 5) is 25.2. The van der Waals surface area contributed by atoms with Crippen LogP contribution in [0.15, 0.2) is 36.4 Å². The lowest BCUT2D eigenvalue weighted by Gasteiger charge is -2.28. The Balaban J connectivity index is 2.46. The number of amides is 1. The zero-order chi connectivity index (χ0) is 11.7. The van der Waals surface area contributed by atoms with E-state index in [0.29, 0.717) is 29.8 Å². The maximum atomic E-state index is 11.9. The van der Waals surface area contributed by atoms with Crippen LogP contribution in [-0.2, 0) is 4.79 Å². The first kappa shape index (κ1) is 10.6. The Hall–Kier alpha value is -1.90. The average Bonchev–Trinajstić information content (AvgIpc) is 2.29. The Labute approximate surface area is 94.4 Å². The number of nitrogens with zero attached hydrogens (tertiary/aromatic N) is 1. The van der Waals surface area contributed by atoms with Crippen LogP contribution >= 0.6 is 0 Å². The summed E-state index contributed by atoms with van der Waals surface area (Å²) in [5, 5.41) is 0. The van der Waals surface area contributed by atoms with Crippen LogP contribution in [0.4, 0.5) is 5.69 Å². The number of hydrogen-bond acceptors (Lipinski definition) is 2. The highest BCUT2D eigenvalue weighted by molar-refractivity contribution is 6.12. The quantitative estimate of drug-likeness (QED) is 0.673. The van der Waals surface area contributed by atoms with Crippen LogP contribution < -0.4 is 4.90 Å². The maximum Gasteiger partial charge on any atom is 0.253 e. The Kier molecular flexibility index (Phi) is 2.60. The molecule has 0 radical (unpaired) electrons. The van der Waals surface area contributed by atoms with Crippen LogP contribution in [0.25, 0.3) is 0 Å². The lowest BCUT2D eigenvalue weighted by atomic mass is 10.00. The number of carbonyl (C=O) groups excluding carboxylic acids is 2. The lowest BCUT2D eigenvalue weighted by Crippen LogP contribution is -2.37. The minimum atomic E-state index is -0.111. The standard InChI is InChI=1S/C13H13NO2/c1-9(2)13(16)14-8-7-12(15)10-5-3-4-6-11(10)14/h3-6H,1,7-8H2,2H3. The van der Waals surface area contributed by atoms with E-state index in [9.17, 15) is 9.59 Å². The van der Waals surface area contributed by atoms with E-state index in [1.165, 1.54) is 0 Å². The third kappa shape index (κ3) is 1.65. The predicted octanol–water partition coefficient (Wildman–Crippen LogP) is 2.18. The van der Waals surface area contributed by atoms with Gasteiger partial charge in [0.25, 0.3) is 5.91 Å². The summed E-state index contributed by atoms with van der Waals surface area (Å²) in [6.07, 6.45) is 0.385. The SMILES string of the molecule is C=C(C)C(=O)N1CCC(=O)c2ccccc21. The maximum absolute atomic E-state index is 11.9. The summed E-state index contributed by atoms with van der Waals surface area (Å²) in [7, 11) is 0. The largest absolute Gasteiger partial charge is 0.307 e. The molecule has 82 valence electrons. The molecule has 1 aromatic rings. The molecular weight excluding hydrogens is 202 g/mol. The molecule has 2 rings (SSSR count). The predicted molar refractivity (Wildman–Crippen MR) is 62.6 cm³/mol. The summed E-state index contributed by atoms with van der Waals surface area (Å²) in [6.45, 7) is 5.77. The number of para-hydroxylation sites is 1. The number of carbonyl (C=O) groups is 2. The van der Waals surface area contributed by atoms with Gasteiger partial charge in [0.15, 0.2) is 5.78 Å². The van der Waals surface area contributed by atoms with Gasteiger partial charge in [-0.05, 0) is 19.1 Å². The molecule has 0 bridgehead atoms. The molecule has 0 N–H and O–H groups in total. The first-order chi connectivity index (χ1) is 7.61. The molecule has 1 amide bonds. The third-order valence-corrected chi connectivity index (χ3v) is 2.67. The fourth-order valence-corrected chi connectivity index (χ4v) is 1.85. The molecule has 1 aromatic carbocycles. The summed E-state index contributed by atoms with van der Waals surface area (Å²) in [5.74, 6) is -0.0127. The van der Waals surface area contributed by atoms with Gasteiger partial charge in [0.2, 0.25) is 0 Å². The molecule has 0 fully saturated rings. The van der Waals surface area contributed by atoms with Crippen molar-refractivity contribution in [2.24, 2.45) is 0 Å². The van der Waals surface area contributed by atoms with Crippen LogP contribution in [0.2, 0.25) is 0 Å². The Morgan fingerprint density at radius 3 is 2.75 bits per heavy atom. The average molecular weight is 215 g/mol. The minimum absolute atomic E-state index is 0.0985. The van der Waals surface area contributed by atoms with Crippen molar-refractivity contribution in [3.63, 3.8) is 0 Å².